The summed E-state index contributed by atoms with van der Waals surface area (Å²) in [6, 6.07) is 5.89. The SMILES string of the molecule is CCc1ccc(CC)c(NC(=O)NCC2(O)CCOCC2)c1. The lowest BCUT2D eigenvalue weighted by Gasteiger charge is -2.32. The second-order valence-corrected chi connectivity index (χ2v) is 5.84. The molecule has 3 N–H and O–H groups in total. The summed E-state index contributed by atoms with van der Waals surface area (Å²) in [5, 5.41) is 16.0. The molecule has 2 amide bonds. The number of aliphatic hydroxyl groups is 1. The second kappa shape index (κ2) is 7.61. The third kappa shape index (κ3) is 4.45. The topological polar surface area (TPSA) is 70.6 Å². The predicted octanol–water partition coefficient (Wildman–Crippen LogP) is 2.47. The summed E-state index contributed by atoms with van der Waals surface area (Å²) < 4.78 is 5.23. The maximum atomic E-state index is 12.1. The van der Waals surface area contributed by atoms with E-state index in [9.17, 15) is 9.90 Å². The average molecular weight is 306 g/mol. The average Bonchev–Trinajstić information content (AvgIpc) is 2.54. The van der Waals surface area contributed by atoms with E-state index in [0.29, 0.717) is 26.1 Å². The van der Waals surface area contributed by atoms with Crippen molar-refractivity contribution >= 4 is 11.7 Å². The van der Waals surface area contributed by atoms with Crippen molar-refractivity contribution in [3.63, 3.8) is 0 Å². The molecule has 0 aromatic heterocycles. The van der Waals surface area contributed by atoms with Crippen molar-refractivity contribution in [1.82, 2.24) is 5.32 Å². The Morgan fingerprint density at radius 3 is 2.64 bits per heavy atom. The van der Waals surface area contributed by atoms with Gasteiger partial charge in [0.15, 0.2) is 0 Å². The van der Waals surface area contributed by atoms with Crippen molar-refractivity contribution in [3.8, 4) is 0 Å². The summed E-state index contributed by atoms with van der Waals surface area (Å²) in [5.74, 6) is 0. The first-order valence-corrected chi connectivity index (χ1v) is 8.03. The summed E-state index contributed by atoms with van der Waals surface area (Å²) in [6.07, 6.45) is 2.90. The zero-order valence-electron chi connectivity index (χ0n) is 13.4. The quantitative estimate of drug-likeness (QED) is 0.782. The number of anilines is 1. The molecular weight excluding hydrogens is 280 g/mol. The van der Waals surface area contributed by atoms with Gasteiger partial charge in [0.05, 0.1) is 5.60 Å². The summed E-state index contributed by atoms with van der Waals surface area (Å²) >= 11 is 0. The van der Waals surface area contributed by atoms with Gasteiger partial charge in [0.25, 0.3) is 0 Å². The molecule has 0 saturated carbocycles. The summed E-state index contributed by atoms with van der Waals surface area (Å²) in [5.41, 5.74) is 2.29. The molecule has 1 fully saturated rings. The minimum absolute atomic E-state index is 0.247. The van der Waals surface area contributed by atoms with E-state index in [-0.39, 0.29) is 12.6 Å². The lowest BCUT2D eigenvalue weighted by molar-refractivity contribution is -0.0598. The van der Waals surface area contributed by atoms with Crippen molar-refractivity contribution in [2.45, 2.75) is 45.1 Å². The molecule has 1 aliphatic rings. The molecule has 0 bridgehead atoms. The number of carbonyl (C=O) groups is 1. The maximum Gasteiger partial charge on any atom is 0.319 e. The van der Waals surface area contributed by atoms with Crippen LogP contribution in [-0.2, 0) is 17.6 Å². The Morgan fingerprint density at radius 1 is 1.27 bits per heavy atom. The van der Waals surface area contributed by atoms with Crippen LogP contribution in [0.4, 0.5) is 10.5 Å². The van der Waals surface area contributed by atoms with Gasteiger partial charge in [-0.15, -0.1) is 0 Å². The van der Waals surface area contributed by atoms with E-state index >= 15 is 0 Å². The third-order valence-electron chi connectivity index (χ3n) is 4.21. The molecule has 2 rings (SSSR count). The van der Waals surface area contributed by atoms with Gasteiger partial charge in [-0.2, -0.15) is 0 Å². The van der Waals surface area contributed by atoms with E-state index < -0.39 is 5.60 Å². The number of carbonyl (C=O) groups excluding carboxylic acids is 1. The molecule has 0 aliphatic carbocycles. The molecule has 5 heteroatoms. The normalized spacial score (nSPS) is 17.0. The molecule has 1 saturated heterocycles. The number of aryl methyl sites for hydroxylation is 2. The Labute approximate surface area is 132 Å². The van der Waals surface area contributed by atoms with E-state index in [1.807, 2.05) is 6.07 Å². The molecular formula is C17H26N2O3. The number of hydrogen-bond acceptors (Lipinski definition) is 3. The fourth-order valence-corrected chi connectivity index (χ4v) is 2.61. The van der Waals surface area contributed by atoms with E-state index in [0.717, 1.165) is 24.1 Å². The zero-order chi connectivity index (χ0) is 16.0. The lowest BCUT2D eigenvalue weighted by atomic mass is 9.94. The molecule has 22 heavy (non-hydrogen) atoms. The molecule has 122 valence electrons. The van der Waals surface area contributed by atoms with Gasteiger partial charge in [0.1, 0.15) is 0 Å². The van der Waals surface area contributed by atoms with E-state index in [4.69, 9.17) is 4.74 Å². The Kier molecular flexibility index (Phi) is 5.80. The first-order valence-electron chi connectivity index (χ1n) is 8.03. The van der Waals surface area contributed by atoms with Crippen LogP contribution in [0.25, 0.3) is 0 Å². The smallest absolute Gasteiger partial charge is 0.319 e. The Bertz CT molecular complexity index is 511. The molecule has 1 aliphatic heterocycles. The fraction of sp³-hybridized carbons (Fsp3) is 0.588. The lowest BCUT2D eigenvalue weighted by Crippen LogP contribution is -2.47. The number of ether oxygens (including phenoxy) is 1. The highest BCUT2D eigenvalue weighted by atomic mass is 16.5. The standard InChI is InChI=1S/C17H26N2O3/c1-3-13-5-6-14(4-2)15(11-13)19-16(20)18-12-17(21)7-9-22-10-8-17/h5-6,11,21H,3-4,7-10,12H2,1-2H3,(H2,18,19,20). The highest BCUT2D eigenvalue weighted by molar-refractivity contribution is 5.90. The number of benzene rings is 1. The van der Waals surface area contributed by atoms with Gasteiger partial charge >= 0.3 is 6.03 Å². The predicted molar refractivity (Wildman–Crippen MR) is 87.2 cm³/mol. The highest BCUT2D eigenvalue weighted by Crippen LogP contribution is 2.20. The molecule has 0 radical (unpaired) electrons. The fourth-order valence-electron chi connectivity index (χ4n) is 2.61. The third-order valence-corrected chi connectivity index (χ3v) is 4.21. The van der Waals surface area contributed by atoms with Crippen LogP contribution in [0, 0.1) is 0 Å². The van der Waals surface area contributed by atoms with E-state index in [1.165, 1.54) is 5.56 Å². The van der Waals surface area contributed by atoms with E-state index in [2.05, 4.69) is 36.6 Å². The van der Waals surface area contributed by atoms with Gasteiger partial charge in [-0.05, 0) is 30.0 Å². The molecule has 5 nitrogen and oxygen atoms in total. The second-order valence-electron chi connectivity index (χ2n) is 5.84. The van der Waals surface area contributed by atoms with Gasteiger partial charge in [0, 0.05) is 38.3 Å². The van der Waals surface area contributed by atoms with Crippen LogP contribution in [-0.4, -0.2) is 36.5 Å². The Morgan fingerprint density at radius 2 is 2.00 bits per heavy atom. The highest BCUT2D eigenvalue weighted by Gasteiger charge is 2.30. The number of nitrogens with one attached hydrogen (secondary N) is 2. The number of rotatable bonds is 5. The van der Waals surface area contributed by atoms with Crippen molar-refractivity contribution < 1.29 is 14.6 Å². The van der Waals surface area contributed by atoms with Crippen LogP contribution >= 0.6 is 0 Å². The number of urea groups is 1. The maximum absolute atomic E-state index is 12.1. The summed E-state index contributed by atoms with van der Waals surface area (Å²) in [6.45, 7) is 5.48. The Hall–Kier alpha value is -1.59. The monoisotopic (exact) mass is 306 g/mol. The van der Waals surface area contributed by atoms with Crippen LogP contribution in [0.1, 0.15) is 37.8 Å². The van der Waals surface area contributed by atoms with Crippen LogP contribution in [0.15, 0.2) is 18.2 Å². The zero-order valence-corrected chi connectivity index (χ0v) is 13.4. The van der Waals surface area contributed by atoms with Gasteiger partial charge in [-0.3, -0.25) is 0 Å². The number of amides is 2. The molecule has 1 heterocycles. The molecule has 0 spiro atoms. The summed E-state index contributed by atoms with van der Waals surface area (Å²) in [4.78, 5) is 12.1. The first-order chi connectivity index (χ1) is 10.6. The van der Waals surface area contributed by atoms with Crippen LogP contribution in [0.2, 0.25) is 0 Å². The first kappa shape index (κ1) is 16.8. The molecule has 1 aromatic rings. The van der Waals surface area contributed by atoms with Gasteiger partial charge < -0.3 is 20.5 Å². The molecule has 0 atom stereocenters. The van der Waals surface area contributed by atoms with Gasteiger partial charge in [-0.1, -0.05) is 26.0 Å². The van der Waals surface area contributed by atoms with Gasteiger partial charge in [0.2, 0.25) is 0 Å². The van der Waals surface area contributed by atoms with Crippen LogP contribution in [0.5, 0.6) is 0 Å². The van der Waals surface area contributed by atoms with Crippen molar-refractivity contribution in [2.75, 3.05) is 25.1 Å². The molecule has 1 aromatic carbocycles. The number of hydrogen-bond donors (Lipinski definition) is 3. The molecule has 0 unspecified atom stereocenters. The van der Waals surface area contributed by atoms with Gasteiger partial charge in [-0.25, -0.2) is 4.79 Å². The van der Waals surface area contributed by atoms with Crippen molar-refractivity contribution in [3.05, 3.63) is 29.3 Å². The van der Waals surface area contributed by atoms with Crippen molar-refractivity contribution in [1.29, 1.82) is 0 Å². The minimum Gasteiger partial charge on any atom is -0.388 e. The summed E-state index contributed by atoms with van der Waals surface area (Å²) in [7, 11) is 0. The van der Waals surface area contributed by atoms with Crippen LogP contribution < -0.4 is 10.6 Å². The van der Waals surface area contributed by atoms with Crippen molar-refractivity contribution in [2.24, 2.45) is 0 Å². The Balaban J connectivity index is 1.94. The largest absolute Gasteiger partial charge is 0.388 e. The van der Waals surface area contributed by atoms with Crippen LogP contribution in [0.3, 0.4) is 0 Å². The minimum atomic E-state index is -0.853. The van der Waals surface area contributed by atoms with E-state index in [1.54, 1.807) is 0 Å².